The van der Waals surface area contributed by atoms with Crippen LogP contribution in [0.4, 0.5) is 5.69 Å². The maximum Gasteiger partial charge on any atom is 0.241 e. The first-order valence-corrected chi connectivity index (χ1v) is 5.22. The predicted octanol–water partition coefficient (Wildman–Crippen LogP) is -0.0122. The highest BCUT2D eigenvalue weighted by Gasteiger charge is 2.29. The van der Waals surface area contributed by atoms with Crippen molar-refractivity contribution in [2.75, 3.05) is 11.9 Å². The summed E-state index contributed by atoms with van der Waals surface area (Å²) in [6, 6.07) is 8.45. The molecule has 0 aromatic heterocycles. The predicted molar refractivity (Wildman–Crippen MR) is 66.4 cm³/mol. The third kappa shape index (κ3) is 3.33. The second kappa shape index (κ2) is 6.41. The normalized spacial score (nSPS) is 11.4. The van der Waals surface area contributed by atoms with Gasteiger partial charge in [-0.15, -0.1) is 0 Å². The first-order chi connectivity index (χ1) is 8.60. The standard InChI is InChI=1S/C12H13N3O3/c13-6-9(14)11(10(17)7-16)12(18)15-8-4-2-1-3-5-8/h1-5,7,11,14H,6,13H2,(H,15,18). The Kier molecular flexibility index (Phi) is 4.89. The summed E-state index contributed by atoms with van der Waals surface area (Å²) in [7, 11) is 0. The van der Waals surface area contributed by atoms with Crippen molar-refractivity contribution in [2.24, 2.45) is 11.7 Å². The molecule has 1 aromatic rings. The molecule has 6 nitrogen and oxygen atoms in total. The monoisotopic (exact) mass is 247 g/mol. The Morgan fingerprint density at radius 3 is 2.44 bits per heavy atom. The van der Waals surface area contributed by atoms with Gasteiger partial charge in [-0.2, -0.15) is 0 Å². The summed E-state index contributed by atoms with van der Waals surface area (Å²) < 4.78 is 0. The Bertz CT molecular complexity index is 471. The lowest BCUT2D eigenvalue weighted by atomic mass is 9.97. The number of hydrogen-bond donors (Lipinski definition) is 3. The van der Waals surface area contributed by atoms with Crippen molar-refractivity contribution in [3.8, 4) is 0 Å². The summed E-state index contributed by atoms with van der Waals surface area (Å²) in [5.74, 6) is -3.15. The molecule has 1 rings (SSSR count). The molecule has 18 heavy (non-hydrogen) atoms. The number of amides is 1. The number of anilines is 1. The largest absolute Gasteiger partial charge is 0.325 e. The highest BCUT2D eigenvalue weighted by Crippen LogP contribution is 2.09. The first-order valence-electron chi connectivity index (χ1n) is 5.22. The maximum atomic E-state index is 11.8. The molecule has 4 N–H and O–H groups in total. The summed E-state index contributed by atoms with van der Waals surface area (Å²) in [6.07, 6.45) is 0.0272. The van der Waals surface area contributed by atoms with Crippen LogP contribution in [0, 0.1) is 11.3 Å². The van der Waals surface area contributed by atoms with Crippen LogP contribution in [-0.2, 0) is 14.4 Å². The van der Waals surface area contributed by atoms with Crippen molar-refractivity contribution in [3.05, 3.63) is 30.3 Å². The number of nitrogens with one attached hydrogen (secondary N) is 2. The molecule has 0 aliphatic rings. The van der Waals surface area contributed by atoms with E-state index >= 15 is 0 Å². The van der Waals surface area contributed by atoms with Crippen LogP contribution in [0.5, 0.6) is 0 Å². The zero-order chi connectivity index (χ0) is 13.5. The molecule has 0 saturated heterocycles. The third-order valence-corrected chi connectivity index (χ3v) is 2.27. The lowest BCUT2D eigenvalue weighted by Crippen LogP contribution is -2.39. The average Bonchev–Trinajstić information content (AvgIpc) is 2.39. The van der Waals surface area contributed by atoms with E-state index in [1.807, 2.05) is 0 Å². The summed E-state index contributed by atoms with van der Waals surface area (Å²) in [4.78, 5) is 33.6. The third-order valence-electron chi connectivity index (χ3n) is 2.27. The number of benzene rings is 1. The van der Waals surface area contributed by atoms with E-state index < -0.39 is 17.6 Å². The van der Waals surface area contributed by atoms with E-state index in [2.05, 4.69) is 5.32 Å². The highest BCUT2D eigenvalue weighted by atomic mass is 16.2. The minimum atomic E-state index is -1.45. The Balaban J connectivity index is 2.87. The van der Waals surface area contributed by atoms with Crippen molar-refractivity contribution in [1.82, 2.24) is 0 Å². The topological polar surface area (TPSA) is 113 Å². The van der Waals surface area contributed by atoms with Crippen LogP contribution in [-0.4, -0.2) is 30.2 Å². The molecule has 0 heterocycles. The van der Waals surface area contributed by atoms with Gasteiger partial charge in [-0.3, -0.25) is 14.4 Å². The van der Waals surface area contributed by atoms with Crippen molar-refractivity contribution in [1.29, 1.82) is 5.41 Å². The molecule has 0 bridgehead atoms. The van der Waals surface area contributed by atoms with Gasteiger partial charge in [-0.25, -0.2) is 0 Å². The summed E-state index contributed by atoms with van der Waals surface area (Å²) in [5, 5.41) is 9.92. The van der Waals surface area contributed by atoms with E-state index in [4.69, 9.17) is 11.1 Å². The van der Waals surface area contributed by atoms with Gasteiger partial charge in [0.05, 0.1) is 0 Å². The molecule has 1 amide bonds. The van der Waals surface area contributed by atoms with E-state index in [-0.39, 0.29) is 18.5 Å². The highest BCUT2D eigenvalue weighted by molar-refractivity contribution is 6.39. The minimum Gasteiger partial charge on any atom is -0.325 e. The van der Waals surface area contributed by atoms with Gasteiger partial charge < -0.3 is 16.5 Å². The summed E-state index contributed by atoms with van der Waals surface area (Å²) in [5.41, 5.74) is 5.42. The zero-order valence-electron chi connectivity index (χ0n) is 9.55. The Morgan fingerprint density at radius 2 is 1.94 bits per heavy atom. The van der Waals surface area contributed by atoms with Crippen LogP contribution in [0.25, 0.3) is 0 Å². The minimum absolute atomic E-state index is 0.0272. The van der Waals surface area contributed by atoms with Crippen molar-refractivity contribution < 1.29 is 14.4 Å². The van der Waals surface area contributed by atoms with Crippen LogP contribution in [0.2, 0.25) is 0 Å². The molecule has 0 saturated carbocycles. The maximum absolute atomic E-state index is 11.8. The van der Waals surface area contributed by atoms with Gasteiger partial charge in [0.15, 0.2) is 6.29 Å². The van der Waals surface area contributed by atoms with Gasteiger partial charge in [0.1, 0.15) is 5.92 Å². The quantitative estimate of drug-likeness (QED) is 0.284. The molecule has 0 spiro atoms. The van der Waals surface area contributed by atoms with E-state index in [9.17, 15) is 14.4 Å². The molecular formula is C12H13N3O3. The molecule has 0 aliphatic heterocycles. The number of Topliss-reactive ketones (excluding diaryl/α,β-unsaturated/α-hetero) is 1. The van der Waals surface area contributed by atoms with Gasteiger partial charge in [0.2, 0.25) is 11.7 Å². The smallest absolute Gasteiger partial charge is 0.241 e. The lowest BCUT2D eigenvalue weighted by molar-refractivity contribution is -0.134. The number of aldehydes is 1. The molecule has 94 valence electrons. The zero-order valence-corrected chi connectivity index (χ0v) is 9.55. The number of ketones is 1. The fraction of sp³-hybridized carbons (Fsp3) is 0.167. The number of nitrogens with two attached hydrogens (primary N) is 1. The molecule has 1 aromatic carbocycles. The lowest BCUT2D eigenvalue weighted by Gasteiger charge is -2.13. The molecule has 1 unspecified atom stereocenters. The first kappa shape index (κ1) is 13.7. The van der Waals surface area contributed by atoms with Gasteiger partial charge in [0.25, 0.3) is 0 Å². The van der Waals surface area contributed by atoms with Crippen molar-refractivity contribution >= 4 is 29.4 Å². The molecule has 0 fully saturated rings. The second-order valence-electron chi connectivity index (χ2n) is 3.54. The summed E-state index contributed by atoms with van der Waals surface area (Å²) >= 11 is 0. The molecule has 6 heteroatoms. The second-order valence-corrected chi connectivity index (χ2v) is 3.54. The van der Waals surface area contributed by atoms with Gasteiger partial charge in [-0.05, 0) is 12.1 Å². The SMILES string of the molecule is N=C(CN)C(C(=O)C=O)C(=O)Nc1ccccc1. The Labute approximate surface area is 104 Å². The van der Waals surface area contributed by atoms with E-state index in [0.717, 1.165) is 0 Å². The van der Waals surface area contributed by atoms with Crippen molar-refractivity contribution in [3.63, 3.8) is 0 Å². The van der Waals surface area contributed by atoms with Crippen LogP contribution < -0.4 is 11.1 Å². The number of rotatable bonds is 6. The van der Waals surface area contributed by atoms with Gasteiger partial charge in [-0.1, -0.05) is 18.2 Å². The van der Waals surface area contributed by atoms with E-state index in [1.54, 1.807) is 30.3 Å². The fourth-order valence-corrected chi connectivity index (χ4v) is 1.38. The summed E-state index contributed by atoms with van der Waals surface area (Å²) in [6.45, 7) is -0.257. The molecule has 0 aliphatic carbocycles. The van der Waals surface area contributed by atoms with Crippen molar-refractivity contribution in [2.45, 2.75) is 0 Å². The average molecular weight is 247 g/mol. The van der Waals surface area contributed by atoms with Crippen LogP contribution in [0.3, 0.4) is 0 Å². The van der Waals surface area contributed by atoms with E-state index in [1.165, 1.54) is 0 Å². The van der Waals surface area contributed by atoms with Crippen LogP contribution >= 0.6 is 0 Å². The van der Waals surface area contributed by atoms with Gasteiger partial charge in [0, 0.05) is 17.9 Å². The van der Waals surface area contributed by atoms with Crippen LogP contribution in [0.1, 0.15) is 0 Å². The fourth-order valence-electron chi connectivity index (χ4n) is 1.38. The van der Waals surface area contributed by atoms with E-state index in [0.29, 0.717) is 5.69 Å². The molecule has 0 radical (unpaired) electrons. The number of hydrogen-bond acceptors (Lipinski definition) is 5. The number of carbonyl (C=O) groups excluding carboxylic acids is 3. The van der Waals surface area contributed by atoms with Crippen LogP contribution in [0.15, 0.2) is 30.3 Å². The number of para-hydroxylation sites is 1. The number of carbonyl (C=O) groups is 3. The Hall–Kier alpha value is -2.34. The molecule has 1 atom stereocenters. The van der Waals surface area contributed by atoms with Gasteiger partial charge >= 0.3 is 0 Å². The molecular weight excluding hydrogens is 234 g/mol. The Morgan fingerprint density at radius 1 is 1.33 bits per heavy atom.